The first kappa shape index (κ1) is 23.3. The molecule has 0 saturated carbocycles. The number of β-amino-alcohol motifs (C(OH)–C–C–N with tert-alkyl or cyclic N) is 1. The number of nitrogens with zero attached hydrogens (tertiary/aromatic N) is 2. The Morgan fingerprint density at radius 3 is 1.87 bits per heavy atom. The largest absolute Gasteiger partial charge is 0.389 e. The predicted octanol–water partition coefficient (Wildman–Crippen LogP) is 3.23. The molecule has 0 radical (unpaired) electrons. The van der Waals surface area contributed by atoms with E-state index in [0.717, 1.165) is 11.1 Å². The van der Waals surface area contributed by atoms with Gasteiger partial charge in [0.2, 0.25) is 5.91 Å². The highest BCUT2D eigenvalue weighted by Gasteiger charge is 2.24. The summed E-state index contributed by atoms with van der Waals surface area (Å²) < 4.78 is 32.7. The molecule has 1 unspecified atom stereocenters. The molecule has 1 heterocycles. The van der Waals surface area contributed by atoms with Crippen molar-refractivity contribution in [3.05, 3.63) is 71.3 Å². The van der Waals surface area contributed by atoms with Crippen LogP contribution in [0.4, 0.5) is 8.78 Å². The summed E-state index contributed by atoms with van der Waals surface area (Å²) in [6.07, 6.45) is -1.27. The molecule has 5 nitrogen and oxygen atoms in total. The number of ether oxygens (including phenoxy) is 1. The highest BCUT2D eigenvalue weighted by Crippen LogP contribution is 2.27. The van der Waals surface area contributed by atoms with E-state index in [0.29, 0.717) is 32.7 Å². The van der Waals surface area contributed by atoms with Gasteiger partial charge in [0.15, 0.2) is 0 Å². The fourth-order valence-electron chi connectivity index (χ4n) is 3.73. The fourth-order valence-corrected chi connectivity index (χ4v) is 3.73. The van der Waals surface area contributed by atoms with Gasteiger partial charge in [-0.1, -0.05) is 38.1 Å². The number of hydrogen-bond donors (Lipinski definition) is 1. The average Bonchev–Trinajstić information content (AvgIpc) is 2.76. The Balaban J connectivity index is 1.57. The van der Waals surface area contributed by atoms with Gasteiger partial charge in [0.25, 0.3) is 0 Å². The lowest BCUT2D eigenvalue weighted by Crippen LogP contribution is -2.51. The third-order valence-electron chi connectivity index (χ3n) is 5.45. The summed E-state index contributed by atoms with van der Waals surface area (Å²) in [5, 5.41) is 10.5. The smallest absolute Gasteiger partial charge is 0.225 e. The molecule has 0 bridgehead atoms. The van der Waals surface area contributed by atoms with E-state index in [4.69, 9.17) is 4.74 Å². The van der Waals surface area contributed by atoms with Crippen molar-refractivity contribution in [1.29, 1.82) is 0 Å². The zero-order valence-electron chi connectivity index (χ0n) is 18.0. The minimum atomic E-state index is -0.726. The Morgan fingerprint density at radius 1 is 0.935 bits per heavy atom. The average molecular weight is 433 g/mol. The van der Waals surface area contributed by atoms with E-state index >= 15 is 0 Å². The highest BCUT2D eigenvalue weighted by molar-refractivity contribution is 5.78. The minimum Gasteiger partial charge on any atom is -0.389 e. The van der Waals surface area contributed by atoms with Crippen molar-refractivity contribution in [3.8, 4) is 0 Å². The second-order valence-electron chi connectivity index (χ2n) is 8.25. The Labute approximate surface area is 182 Å². The fraction of sp³-hybridized carbons (Fsp3) is 0.458. The predicted molar refractivity (Wildman–Crippen MR) is 114 cm³/mol. The van der Waals surface area contributed by atoms with Crippen LogP contribution in [0.3, 0.4) is 0 Å². The number of aliphatic hydroxyl groups is 1. The van der Waals surface area contributed by atoms with Gasteiger partial charge in [0, 0.05) is 38.6 Å². The second-order valence-corrected chi connectivity index (χ2v) is 8.25. The third-order valence-corrected chi connectivity index (χ3v) is 5.45. The van der Waals surface area contributed by atoms with Gasteiger partial charge in [-0.2, -0.15) is 0 Å². The van der Waals surface area contributed by atoms with Crippen LogP contribution in [0.5, 0.6) is 0 Å². The number of halogens is 2. The molecule has 0 aromatic heterocycles. The van der Waals surface area contributed by atoms with Crippen molar-refractivity contribution in [2.45, 2.75) is 26.1 Å². The van der Waals surface area contributed by atoms with E-state index in [1.807, 2.05) is 18.7 Å². The summed E-state index contributed by atoms with van der Waals surface area (Å²) in [7, 11) is 0. The third kappa shape index (κ3) is 6.56. The van der Waals surface area contributed by atoms with Crippen LogP contribution in [-0.4, -0.2) is 66.2 Å². The summed E-state index contributed by atoms with van der Waals surface area (Å²) in [6.45, 7) is 7.01. The van der Waals surface area contributed by atoms with Gasteiger partial charge in [-0.25, -0.2) is 8.78 Å². The molecule has 1 aliphatic heterocycles. The van der Waals surface area contributed by atoms with Crippen LogP contribution in [0.2, 0.25) is 0 Å². The number of piperazine rings is 1. The summed E-state index contributed by atoms with van der Waals surface area (Å²) in [4.78, 5) is 16.1. The Kier molecular flexibility index (Phi) is 8.12. The van der Waals surface area contributed by atoms with Gasteiger partial charge < -0.3 is 14.7 Å². The Bertz CT molecular complexity index is 789. The van der Waals surface area contributed by atoms with Crippen molar-refractivity contribution < 1.29 is 23.4 Å². The van der Waals surface area contributed by atoms with E-state index in [1.54, 1.807) is 24.3 Å². The van der Waals surface area contributed by atoms with Crippen LogP contribution >= 0.6 is 0 Å². The molecule has 1 aliphatic rings. The lowest BCUT2D eigenvalue weighted by atomic mass is 10.0. The molecule has 0 aliphatic carbocycles. The molecule has 2 aromatic rings. The van der Waals surface area contributed by atoms with Gasteiger partial charge in [-0.3, -0.25) is 9.69 Å². The van der Waals surface area contributed by atoms with Crippen molar-refractivity contribution in [2.75, 3.05) is 39.3 Å². The van der Waals surface area contributed by atoms with Gasteiger partial charge in [0.05, 0.1) is 12.7 Å². The number of aliphatic hydroxyl groups excluding tert-OH is 1. The first-order chi connectivity index (χ1) is 14.8. The topological polar surface area (TPSA) is 53.0 Å². The molecule has 1 amide bonds. The van der Waals surface area contributed by atoms with Crippen LogP contribution in [-0.2, 0) is 9.53 Å². The van der Waals surface area contributed by atoms with E-state index in [1.165, 1.54) is 24.3 Å². The maximum atomic E-state index is 13.3. The zero-order chi connectivity index (χ0) is 22.4. The van der Waals surface area contributed by atoms with E-state index in [2.05, 4.69) is 4.90 Å². The van der Waals surface area contributed by atoms with Crippen LogP contribution in [0.25, 0.3) is 0 Å². The van der Waals surface area contributed by atoms with Crippen LogP contribution in [0, 0.1) is 17.6 Å². The zero-order valence-corrected chi connectivity index (χ0v) is 18.0. The molecule has 1 atom stereocenters. The van der Waals surface area contributed by atoms with Crippen LogP contribution in [0.1, 0.15) is 31.1 Å². The quantitative estimate of drug-likeness (QED) is 0.696. The van der Waals surface area contributed by atoms with E-state index < -0.39 is 12.2 Å². The molecule has 2 aromatic carbocycles. The number of amides is 1. The molecule has 31 heavy (non-hydrogen) atoms. The molecule has 1 fully saturated rings. The first-order valence-corrected chi connectivity index (χ1v) is 10.6. The molecule has 7 heteroatoms. The molecule has 168 valence electrons. The number of carbonyl (C=O) groups is 1. The van der Waals surface area contributed by atoms with Crippen molar-refractivity contribution >= 4 is 5.91 Å². The van der Waals surface area contributed by atoms with Crippen LogP contribution < -0.4 is 0 Å². The summed E-state index contributed by atoms with van der Waals surface area (Å²) in [5.74, 6) is -0.557. The second kappa shape index (κ2) is 10.8. The summed E-state index contributed by atoms with van der Waals surface area (Å²) in [5.41, 5.74) is 1.45. The summed E-state index contributed by atoms with van der Waals surface area (Å²) in [6, 6.07) is 11.9. The molecule has 1 saturated heterocycles. The first-order valence-electron chi connectivity index (χ1n) is 10.6. The van der Waals surface area contributed by atoms with Crippen LogP contribution in [0.15, 0.2) is 48.5 Å². The lowest BCUT2D eigenvalue weighted by molar-refractivity contribution is -0.136. The lowest BCUT2D eigenvalue weighted by Gasteiger charge is -2.36. The van der Waals surface area contributed by atoms with E-state index in [9.17, 15) is 18.7 Å². The molecular weight excluding hydrogens is 402 g/mol. The molecular formula is C24H30F2N2O3. The standard InChI is InChI=1S/C24H30F2N2O3/c1-17(2)24(30)28-13-11-27(12-14-28)15-22(29)16-31-23(18-3-7-20(25)8-4-18)19-5-9-21(26)10-6-19/h3-10,17,22-23,29H,11-16H2,1-2H3. The number of rotatable bonds is 8. The Hall–Kier alpha value is -2.35. The van der Waals surface area contributed by atoms with Crippen molar-refractivity contribution in [3.63, 3.8) is 0 Å². The molecule has 3 rings (SSSR count). The molecule has 0 spiro atoms. The monoisotopic (exact) mass is 432 g/mol. The van der Waals surface area contributed by atoms with E-state index in [-0.39, 0.29) is 30.1 Å². The maximum Gasteiger partial charge on any atom is 0.225 e. The van der Waals surface area contributed by atoms with Crippen molar-refractivity contribution in [2.24, 2.45) is 5.92 Å². The minimum absolute atomic E-state index is 0.0135. The summed E-state index contributed by atoms with van der Waals surface area (Å²) >= 11 is 0. The Morgan fingerprint density at radius 2 is 1.42 bits per heavy atom. The number of hydrogen-bond acceptors (Lipinski definition) is 4. The van der Waals surface area contributed by atoms with Gasteiger partial charge >= 0.3 is 0 Å². The van der Waals surface area contributed by atoms with Gasteiger partial charge in [-0.15, -0.1) is 0 Å². The van der Waals surface area contributed by atoms with Crippen molar-refractivity contribution in [1.82, 2.24) is 9.80 Å². The number of carbonyl (C=O) groups excluding carboxylic acids is 1. The normalized spacial score (nSPS) is 16.2. The SMILES string of the molecule is CC(C)C(=O)N1CCN(CC(O)COC(c2ccc(F)cc2)c2ccc(F)cc2)CC1. The van der Waals surface area contributed by atoms with Gasteiger partial charge in [0.1, 0.15) is 17.7 Å². The number of benzene rings is 2. The van der Waals surface area contributed by atoms with Gasteiger partial charge in [-0.05, 0) is 35.4 Å². The maximum absolute atomic E-state index is 13.3. The highest BCUT2D eigenvalue weighted by atomic mass is 19.1. The molecule has 1 N–H and O–H groups in total.